The van der Waals surface area contributed by atoms with Gasteiger partial charge in [-0.2, -0.15) is 0 Å². The minimum absolute atomic E-state index is 0.180. The molecule has 5 heteroatoms. The van der Waals surface area contributed by atoms with E-state index in [-0.39, 0.29) is 11.7 Å². The van der Waals surface area contributed by atoms with Crippen molar-refractivity contribution < 1.29 is 13.2 Å². The molecular formula is C16H15ClF3N. The third-order valence-corrected chi connectivity index (χ3v) is 3.42. The van der Waals surface area contributed by atoms with Crippen LogP contribution in [0.3, 0.4) is 0 Å². The summed E-state index contributed by atoms with van der Waals surface area (Å²) in [5, 5.41) is 3.46. The molecule has 112 valence electrons. The molecule has 2 rings (SSSR count). The number of hydrogen-bond donors (Lipinski definition) is 1. The molecule has 1 atom stereocenters. The summed E-state index contributed by atoms with van der Waals surface area (Å²) in [5.74, 6) is -3.10. The van der Waals surface area contributed by atoms with Crippen molar-refractivity contribution in [1.29, 1.82) is 0 Å². The van der Waals surface area contributed by atoms with E-state index in [4.69, 9.17) is 11.6 Å². The van der Waals surface area contributed by atoms with Crippen LogP contribution in [0.2, 0.25) is 5.02 Å². The van der Waals surface area contributed by atoms with Crippen LogP contribution in [0.15, 0.2) is 36.4 Å². The Bertz CT molecular complexity index is 614. The Kier molecular flexibility index (Phi) is 5.12. The Hall–Kier alpha value is -1.68. The quantitative estimate of drug-likeness (QED) is 0.697. The van der Waals surface area contributed by atoms with Gasteiger partial charge in [0.25, 0.3) is 0 Å². The maximum Gasteiger partial charge on any atom is 0.182 e. The van der Waals surface area contributed by atoms with Crippen molar-refractivity contribution >= 4 is 17.3 Å². The molecule has 1 nitrogen and oxygen atoms in total. The van der Waals surface area contributed by atoms with Crippen molar-refractivity contribution in [3.8, 4) is 0 Å². The Balaban J connectivity index is 2.30. The summed E-state index contributed by atoms with van der Waals surface area (Å²) in [7, 11) is 0. The number of hydrogen-bond acceptors (Lipinski definition) is 1. The second-order valence-electron chi connectivity index (χ2n) is 4.79. The molecule has 0 saturated heterocycles. The van der Waals surface area contributed by atoms with Crippen molar-refractivity contribution in [2.45, 2.75) is 25.8 Å². The first-order valence-corrected chi connectivity index (χ1v) is 7.05. The highest BCUT2D eigenvalue weighted by molar-refractivity contribution is 6.30. The lowest BCUT2D eigenvalue weighted by atomic mass is 10.0. The van der Waals surface area contributed by atoms with Crippen LogP contribution in [0.4, 0.5) is 18.9 Å². The summed E-state index contributed by atoms with van der Waals surface area (Å²) >= 11 is 5.84. The van der Waals surface area contributed by atoms with Gasteiger partial charge in [0.1, 0.15) is 5.82 Å². The van der Waals surface area contributed by atoms with E-state index in [0.717, 1.165) is 18.1 Å². The van der Waals surface area contributed by atoms with Crippen molar-refractivity contribution in [1.82, 2.24) is 0 Å². The zero-order valence-corrected chi connectivity index (χ0v) is 12.2. The van der Waals surface area contributed by atoms with Crippen LogP contribution in [0.25, 0.3) is 0 Å². The predicted molar refractivity (Wildman–Crippen MR) is 79.0 cm³/mol. The van der Waals surface area contributed by atoms with E-state index in [1.54, 1.807) is 12.1 Å². The van der Waals surface area contributed by atoms with Crippen LogP contribution >= 0.6 is 11.6 Å². The normalized spacial score (nSPS) is 12.2. The molecule has 2 aromatic rings. The van der Waals surface area contributed by atoms with E-state index >= 15 is 0 Å². The minimum atomic E-state index is -1.20. The number of nitrogens with one attached hydrogen (secondary N) is 1. The van der Waals surface area contributed by atoms with E-state index in [1.165, 1.54) is 0 Å². The first kappa shape index (κ1) is 15.7. The molecule has 0 amide bonds. The summed E-state index contributed by atoms with van der Waals surface area (Å²) in [6.07, 6.45) is 1.53. The van der Waals surface area contributed by atoms with Crippen LogP contribution in [0, 0.1) is 17.5 Å². The monoisotopic (exact) mass is 313 g/mol. The van der Waals surface area contributed by atoms with Crippen molar-refractivity contribution in [2.75, 3.05) is 5.32 Å². The van der Waals surface area contributed by atoms with Crippen LogP contribution < -0.4 is 5.32 Å². The molecule has 1 N–H and O–H groups in total. The lowest BCUT2D eigenvalue weighted by Gasteiger charge is -2.20. The fourth-order valence-corrected chi connectivity index (χ4v) is 2.28. The molecule has 0 bridgehead atoms. The molecule has 0 aromatic heterocycles. The smallest absolute Gasteiger partial charge is 0.182 e. The van der Waals surface area contributed by atoms with Gasteiger partial charge in [-0.25, -0.2) is 13.2 Å². The lowest BCUT2D eigenvalue weighted by Crippen LogP contribution is -2.12. The highest BCUT2D eigenvalue weighted by atomic mass is 35.5. The summed E-state index contributed by atoms with van der Waals surface area (Å²) in [6, 6.07) is 8.30. The Morgan fingerprint density at radius 2 is 1.76 bits per heavy atom. The zero-order valence-electron chi connectivity index (χ0n) is 11.5. The second-order valence-corrected chi connectivity index (χ2v) is 5.22. The summed E-state index contributed by atoms with van der Waals surface area (Å²) < 4.78 is 40.2. The molecule has 0 aliphatic carbocycles. The van der Waals surface area contributed by atoms with Gasteiger partial charge in [0, 0.05) is 17.2 Å². The largest absolute Gasteiger partial charge is 0.376 e. The maximum atomic E-state index is 13.7. The highest BCUT2D eigenvalue weighted by Gasteiger charge is 2.16. The van der Waals surface area contributed by atoms with E-state index in [2.05, 4.69) is 5.32 Å². The molecule has 0 radical (unpaired) electrons. The average Bonchev–Trinajstić information content (AvgIpc) is 2.44. The maximum absolute atomic E-state index is 13.7. The number of rotatable bonds is 5. The molecule has 2 aromatic carbocycles. The fourth-order valence-electron chi connectivity index (χ4n) is 2.15. The Morgan fingerprint density at radius 3 is 2.38 bits per heavy atom. The van der Waals surface area contributed by atoms with Gasteiger partial charge >= 0.3 is 0 Å². The average molecular weight is 314 g/mol. The van der Waals surface area contributed by atoms with E-state index < -0.39 is 17.5 Å². The molecule has 0 fully saturated rings. The van der Waals surface area contributed by atoms with Gasteiger partial charge in [0.2, 0.25) is 0 Å². The SMILES string of the molecule is CCCC(Nc1cc(F)cc(F)c1F)c1ccc(Cl)cc1. The minimum Gasteiger partial charge on any atom is -0.376 e. The van der Waals surface area contributed by atoms with Crippen LogP contribution in [-0.4, -0.2) is 0 Å². The molecule has 0 aliphatic rings. The number of anilines is 1. The summed E-state index contributed by atoms with van der Waals surface area (Å²) in [6.45, 7) is 1.98. The van der Waals surface area contributed by atoms with Gasteiger partial charge in [-0.15, -0.1) is 0 Å². The van der Waals surface area contributed by atoms with Crippen molar-refractivity contribution in [2.24, 2.45) is 0 Å². The molecule has 1 unspecified atom stereocenters. The zero-order chi connectivity index (χ0) is 15.4. The van der Waals surface area contributed by atoms with E-state index in [0.29, 0.717) is 17.5 Å². The molecule has 0 saturated carbocycles. The first-order chi connectivity index (χ1) is 10.0. The summed E-state index contributed by atoms with van der Waals surface area (Å²) in [5.41, 5.74) is 0.700. The summed E-state index contributed by atoms with van der Waals surface area (Å²) in [4.78, 5) is 0. The fraction of sp³-hybridized carbons (Fsp3) is 0.250. The van der Waals surface area contributed by atoms with E-state index in [1.807, 2.05) is 19.1 Å². The van der Waals surface area contributed by atoms with E-state index in [9.17, 15) is 13.2 Å². The second kappa shape index (κ2) is 6.85. The van der Waals surface area contributed by atoms with Gasteiger partial charge in [0.15, 0.2) is 11.6 Å². The Morgan fingerprint density at radius 1 is 1.10 bits per heavy atom. The topological polar surface area (TPSA) is 12.0 Å². The van der Waals surface area contributed by atoms with Crippen LogP contribution in [0.1, 0.15) is 31.4 Å². The lowest BCUT2D eigenvalue weighted by molar-refractivity contribution is 0.495. The number of halogens is 4. The predicted octanol–water partition coefficient (Wildman–Crippen LogP) is 5.71. The first-order valence-electron chi connectivity index (χ1n) is 6.67. The van der Waals surface area contributed by atoms with Crippen LogP contribution in [0.5, 0.6) is 0 Å². The van der Waals surface area contributed by atoms with Gasteiger partial charge in [-0.1, -0.05) is 37.1 Å². The Labute approximate surface area is 126 Å². The van der Waals surface area contributed by atoms with Gasteiger partial charge in [-0.05, 0) is 24.1 Å². The van der Waals surface area contributed by atoms with Crippen LogP contribution in [-0.2, 0) is 0 Å². The molecule has 0 spiro atoms. The standard InChI is InChI=1S/C16H15ClF3N/c1-2-3-14(10-4-6-11(17)7-5-10)21-15-9-12(18)8-13(19)16(15)20/h4-9,14,21H,2-3H2,1H3. The molecule has 21 heavy (non-hydrogen) atoms. The molecular weight excluding hydrogens is 299 g/mol. The molecule has 0 aliphatic heterocycles. The van der Waals surface area contributed by atoms with Gasteiger partial charge in [-0.3, -0.25) is 0 Å². The van der Waals surface area contributed by atoms with Gasteiger partial charge < -0.3 is 5.32 Å². The van der Waals surface area contributed by atoms with Crippen molar-refractivity contribution in [3.63, 3.8) is 0 Å². The third-order valence-electron chi connectivity index (χ3n) is 3.17. The number of benzene rings is 2. The molecule has 0 heterocycles. The van der Waals surface area contributed by atoms with Crippen molar-refractivity contribution in [3.05, 3.63) is 64.4 Å². The van der Waals surface area contributed by atoms with Gasteiger partial charge in [0.05, 0.1) is 11.7 Å². The highest BCUT2D eigenvalue weighted by Crippen LogP contribution is 2.28. The third kappa shape index (κ3) is 3.91.